The molecule has 0 unspecified atom stereocenters. The topological polar surface area (TPSA) is 75.6 Å². The van der Waals surface area contributed by atoms with Crippen molar-refractivity contribution in [3.8, 4) is 5.75 Å². The fourth-order valence-corrected chi connectivity index (χ4v) is 1.35. The van der Waals surface area contributed by atoms with Crippen molar-refractivity contribution in [2.24, 2.45) is 0 Å². The van der Waals surface area contributed by atoms with E-state index in [0.29, 0.717) is 6.54 Å². The molecular weight excluding hydrogens is 258 g/mol. The Kier molecular flexibility index (Phi) is 5.20. The molecule has 0 atom stereocenters. The summed E-state index contributed by atoms with van der Waals surface area (Å²) in [6.07, 6.45) is 1.53. The Balaban J connectivity index is 2.69. The van der Waals surface area contributed by atoms with Gasteiger partial charge in [-0.1, -0.05) is 17.7 Å². The Morgan fingerprint density at radius 1 is 1.50 bits per heavy atom. The van der Waals surface area contributed by atoms with Gasteiger partial charge in [-0.2, -0.15) is 0 Å². The smallest absolute Gasteiger partial charge is 0.339 e. The summed E-state index contributed by atoms with van der Waals surface area (Å²) in [5.41, 5.74) is -0.0842. The van der Waals surface area contributed by atoms with Gasteiger partial charge in [-0.3, -0.25) is 4.79 Å². The second-order valence-corrected chi connectivity index (χ2v) is 3.76. The summed E-state index contributed by atoms with van der Waals surface area (Å²) in [6, 6.07) is 4.17. The van der Waals surface area contributed by atoms with Crippen LogP contribution < -0.4 is 10.1 Å². The molecule has 1 amide bonds. The van der Waals surface area contributed by atoms with Crippen LogP contribution in [0.5, 0.6) is 5.75 Å². The first-order valence-corrected chi connectivity index (χ1v) is 5.45. The summed E-state index contributed by atoms with van der Waals surface area (Å²) in [5.74, 6) is -1.43. The van der Waals surface area contributed by atoms with Gasteiger partial charge in [0.25, 0.3) is 5.91 Å². The second-order valence-electron chi connectivity index (χ2n) is 3.33. The lowest BCUT2D eigenvalue weighted by Gasteiger charge is -2.09. The highest BCUT2D eigenvalue weighted by Gasteiger charge is 2.13. The lowest BCUT2D eigenvalue weighted by atomic mass is 10.2. The van der Waals surface area contributed by atoms with E-state index in [1.165, 1.54) is 24.3 Å². The molecule has 1 rings (SSSR count). The number of hydrogen-bond donors (Lipinski definition) is 2. The van der Waals surface area contributed by atoms with E-state index in [-0.39, 0.29) is 28.8 Å². The second kappa shape index (κ2) is 6.66. The van der Waals surface area contributed by atoms with Crippen molar-refractivity contribution in [1.82, 2.24) is 5.32 Å². The van der Waals surface area contributed by atoms with Crippen LogP contribution in [-0.2, 0) is 4.79 Å². The molecule has 0 aliphatic rings. The van der Waals surface area contributed by atoms with Crippen molar-refractivity contribution in [2.45, 2.75) is 0 Å². The highest BCUT2D eigenvalue weighted by Crippen LogP contribution is 2.22. The summed E-state index contributed by atoms with van der Waals surface area (Å²) < 4.78 is 5.13. The third kappa shape index (κ3) is 4.10. The number of carbonyl (C=O) groups excluding carboxylic acids is 1. The molecule has 0 aromatic heterocycles. The van der Waals surface area contributed by atoms with Crippen LogP contribution in [0.3, 0.4) is 0 Å². The quantitative estimate of drug-likeness (QED) is 0.771. The average molecular weight is 270 g/mol. The molecule has 5 nitrogen and oxygen atoms in total. The van der Waals surface area contributed by atoms with Gasteiger partial charge in [0.2, 0.25) is 0 Å². The molecule has 0 heterocycles. The van der Waals surface area contributed by atoms with Crippen LogP contribution >= 0.6 is 11.6 Å². The molecule has 6 heteroatoms. The SMILES string of the molecule is C=CCNC(=O)COc1ccc(Cl)cc1C(=O)O. The first kappa shape index (κ1) is 14.1. The van der Waals surface area contributed by atoms with Gasteiger partial charge in [-0.25, -0.2) is 4.79 Å². The number of ether oxygens (including phenoxy) is 1. The highest BCUT2D eigenvalue weighted by molar-refractivity contribution is 6.31. The number of rotatable bonds is 6. The van der Waals surface area contributed by atoms with Crippen molar-refractivity contribution >= 4 is 23.5 Å². The average Bonchev–Trinajstić information content (AvgIpc) is 2.34. The van der Waals surface area contributed by atoms with Gasteiger partial charge < -0.3 is 15.2 Å². The number of nitrogens with one attached hydrogen (secondary N) is 1. The number of benzene rings is 1. The fourth-order valence-electron chi connectivity index (χ4n) is 1.18. The Labute approximate surface area is 109 Å². The van der Waals surface area contributed by atoms with Gasteiger partial charge in [-0.15, -0.1) is 6.58 Å². The molecule has 0 saturated heterocycles. The molecular formula is C12H12ClNO4. The Bertz CT molecular complexity index is 473. The fraction of sp³-hybridized carbons (Fsp3) is 0.167. The number of carboxylic acids is 1. The predicted octanol–water partition coefficient (Wildman–Crippen LogP) is 1.72. The Hall–Kier alpha value is -2.01. The highest BCUT2D eigenvalue weighted by atomic mass is 35.5. The molecule has 0 aliphatic heterocycles. The molecule has 18 heavy (non-hydrogen) atoms. The van der Waals surface area contributed by atoms with Crippen molar-refractivity contribution in [1.29, 1.82) is 0 Å². The summed E-state index contributed by atoms with van der Waals surface area (Å²) in [4.78, 5) is 22.2. The van der Waals surface area contributed by atoms with Crippen molar-refractivity contribution in [3.63, 3.8) is 0 Å². The van der Waals surface area contributed by atoms with E-state index in [4.69, 9.17) is 21.4 Å². The summed E-state index contributed by atoms with van der Waals surface area (Å²) in [5, 5.41) is 11.7. The molecule has 0 saturated carbocycles. The van der Waals surface area contributed by atoms with Crippen LogP contribution in [0.1, 0.15) is 10.4 Å². The maximum absolute atomic E-state index is 11.3. The van der Waals surface area contributed by atoms with Crippen LogP contribution in [0.15, 0.2) is 30.9 Å². The maximum atomic E-state index is 11.3. The molecule has 1 aromatic rings. The molecule has 0 aliphatic carbocycles. The third-order valence-corrected chi connectivity index (χ3v) is 2.21. The van der Waals surface area contributed by atoms with Gasteiger partial charge in [-0.05, 0) is 18.2 Å². The third-order valence-electron chi connectivity index (χ3n) is 1.97. The van der Waals surface area contributed by atoms with Gasteiger partial charge >= 0.3 is 5.97 Å². The predicted molar refractivity (Wildman–Crippen MR) is 67.1 cm³/mol. The number of halogens is 1. The summed E-state index contributed by atoms with van der Waals surface area (Å²) >= 11 is 5.68. The summed E-state index contributed by atoms with van der Waals surface area (Å²) in [6.45, 7) is 3.51. The maximum Gasteiger partial charge on any atom is 0.339 e. The molecule has 96 valence electrons. The number of hydrogen-bond acceptors (Lipinski definition) is 3. The number of aromatic carboxylic acids is 1. The van der Waals surface area contributed by atoms with E-state index >= 15 is 0 Å². The molecule has 0 fully saturated rings. The number of amides is 1. The number of carboxylic acid groups (broad SMARTS) is 1. The van der Waals surface area contributed by atoms with E-state index in [0.717, 1.165) is 0 Å². The lowest BCUT2D eigenvalue weighted by Crippen LogP contribution is -2.29. The molecule has 1 aromatic carbocycles. The monoisotopic (exact) mass is 269 g/mol. The van der Waals surface area contributed by atoms with Crippen LogP contribution in [0.2, 0.25) is 5.02 Å². The minimum Gasteiger partial charge on any atom is -0.483 e. The standard InChI is InChI=1S/C12H12ClNO4/c1-2-5-14-11(15)7-18-10-4-3-8(13)6-9(10)12(16)17/h2-4,6H,1,5,7H2,(H,14,15)(H,16,17). The van der Waals surface area contributed by atoms with Gasteiger partial charge in [0.05, 0.1) is 0 Å². The van der Waals surface area contributed by atoms with Gasteiger partial charge in [0.15, 0.2) is 6.61 Å². The molecule has 0 bridgehead atoms. The Morgan fingerprint density at radius 3 is 2.83 bits per heavy atom. The van der Waals surface area contributed by atoms with Crippen LogP contribution in [0.4, 0.5) is 0 Å². The minimum atomic E-state index is -1.17. The van der Waals surface area contributed by atoms with Crippen molar-refractivity contribution in [2.75, 3.05) is 13.2 Å². The van der Waals surface area contributed by atoms with E-state index in [1.54, 1.807) is 0 Å². The normalized spacial score (nSPS) is 9.61. The lowest BCUT2D eigenvalue weighted by molar-refractivity contribution is -0.122. The zero-order valence-corrected chi connectivity index (χ0v) is 10.2. The van der Waals surface area contributed by atoms with Crippen LogP contribution in [0.25, 0.3) is 0 Å². The van der Waals surface area contributed by atoms with Crippen molar-refractivity contribution < 1.29 is 19.4 Å². The van der Waals surface area contributed by atoms with Crippen LogP contribution in [0, 0.1) is 0 Å². The molecule has 0 spiro atoms. The number of carbonyl (C=O) groups is 2. The first-order chi connectivity index (χ1) is 8.54. The largest absolute Gasteiger partial charge is 0.483 e. The zero-order valence-electron chi connectivity index (χ0n) is 9.48. The minimum absolute atomic E-state index is 0.0842. The summed E-state index contributed by atoms with van der Waals surface area (Å²) in [7, 11) is 0. The van der Waals surface area contributed by atoms with Gasteiger partial charge in [0, 0.05) is 11.6 Å². The van der Waals surface area contributed by atoms with E-state index in [1.807, 2.05) is 0 Å². The van der Waals surface area contributed by atoms with E-state index in [2.05, 4.69) is 11.9 Å². The van der Waals surface area contributed by atoms with Crippen LogP contribution in [-0.4, -0.2) is 30.1 Å². The Morgan fingerprint density at radius 2 is 2.22 bits per heavy atom. The zero-order chi connectivity index (χ0) is 13.5. The van der Waals surface area contributed by atoms with E-state index < -0.39 is 5.97 Å². The van der Waals surface area contributed by atoms with E-state index in [9.17, 15) is 9.59 Å². The first-order valence-electron chi connectivity index (χ1n) is 5.08. The van der Waals surface area contributed by atoms with Crippen molar-refractivity contribution in [3.05, 3.63) is 41.4 Å². The molecule has 0 radical (unpaired) electrons. The molecule has 2 N–H and O–H groups in total. The van der Waals surface area contributed by atoms with Gasteiger partial charge in [0.1, 0.15) is 11.3 Å².